The molecule has 23 nitrogen and oxygen atoms in total. The van der Waals surface area contributed by atoms with Crippen LogP contribution in [-0.4, -0.2) is 223 Å². The van der Waals surface area contributed by atoms with E-state index in [-0.39, 0.29) is 88.9 Å². The number of likely N-dealkylation sites (N-methyl/N-ethyl adjacent to an activating group) is 4. The van der Waals surface area contributed by atoms with Gasteiger partial charge in [0.15, 0.2) is 0 Å². The Kier molecular flexibility index (Phi) is 57.2. The highest BCUT2D eigenvalue weighted by Crippen LogP contribution is 2.35. The minimum absolute atomic E-state index is 0.0418. The van der Waals surface area contributed by atoms with Crippen molar-refractivity contribution in [1.29, 1.82) is 0 Å². The number of amides is 7. The number of piperidine rings is 1. The molecule has 7 amide bonds. The molecule has 2 heterocycles. The highest BCUT2D eigenvalue weighted by Gasteiger charge is 2.33. The van der Waals surface area contributed by atoms with Crippen LogP contribution in [0.5, 0.6) is 0 Å². The van der Waals surface area contributed by atoms with Gasteiger partial charge in [0.25, 0.3) is 0 Å². The standard InChI is InChI=1S/C15H28N2O.C15H30N2O.C12H19N3O.C12H24N2O2.C12H24N2O.C7H16N2O.C6H14N2O/c1-12(2)15(18)16-9-11-17-10-5-7-13-6-3-4-8-14(13)17;1-13(2)15(18)16-11-12-17(3)14-9-7-5-4-6-8-10-14;1-10(2)12(16)14-8-9-15(3)11-6-4-5-7-13-11;1-9(2)12(16)14-8-7-13-10-3-5-11(15)6-4-10;1-10(2)12(15)13-8-9-14(3)11-6-4-5-7-11;1-6(2)7(10)9-5-4-8-3;1-5(2)6(9)8-4-3-7/h12-14H,3-11H2,1-2H3,(H,16,18);13-14H,4-12H2,1-3H3,(H,16,18);4-7,10H,8-9H2,1-3H3,(H,14,16);9-11,13,15H,3-8H2,1-2H3,(H,14,16);10-11H,4-9H2,1-3H3,(H,13,15);6,8H,4-5H2,1-3H3,(H,9,10);5H,3-4,7H2,1-2H3,(H,8,9). The second kappa shape index (κ2) is 60.1. The number of likely N-dealkylation sites (tertiary alicyclic amines) is 1. The van der Waals surface area contributed by atoms with Gasteiger partial charge in [0, 0.05) is 170 Å². The Bertz CT molecular complexity index is 2290. The monoisotopic (exact) mass is 1440 g/mol. The summed E-state index contributed by atoms with van der Waals surface area (Å²) in [5, 5.41) is 35.9. The maximum atomic E-state index is 11.5. The van der Waals surface area contributed by atoms with Crippen molar-refractivity contribution >= 4 is 47.2 Å². The van der Waals surface area contributed by atoms with Crippen LogP contribution in [0.2, 0.25) is 0 Å². The first-order chi connectivity index (χ1) is 48.5. The van der Waals surface area contributed by atoms with Crippen LogP contribution in [0.1, 0.15) is 232 Å². The second-order valence-electron chi connectivity index (χ2n) is 30.8. The highest BCUT2D eigenvalue weighted by atomic mass is 16.3. The maximum Gasteiger partial charge on any atom is 0.222 e. The van der Waals surface area contributed by atoms with Gasteiger partial charge in [-0.3, -0.25) is 38.5 Å². The van der Waals surface area contributed by atoms with Crippen LogP contribution < -0.4 is 58.5 Å². The topological polar surface area (TPSA) is 300 Å². The fraction of sp³-hybridized carbons (Fsp3) is 0.848. The van der Waals surface area contributed by atoms with Crippen molar-refractivity contribution in [2.24, 2.45) is 53.1 Å². The molecule has 23 heteroatoms. The number of anilines is 1. The number of aromatic nitrogens is 1. The zero-order valence-electron chi connectivity index (χ0n) is 67.9. The second-order valence-corrected chi connectivity index (χ2v) is 30.8. The molecule has 2 atom stereocenters. The Morgan fingerprint density at radius 1 is 0.451 bits per heavy atom. The van der Waals surface area contributed by atoms with E-state index in [2.05, 4.69) is 81.6 Å². The lowest BCUT2D eigenvalue weighted by molar-refractivity contribution is -0.124. The van der Waals surface area contributed by atoms with Crippen molar-refractivity contribution in [3.05, 3.63) is 24.4 Å². The molecule has 12 N–H and O–H groups in total. The number of nitrogens with one attached hydrogen (secondary N) is 9. The lowest BCUT2D eigenvalue weighted by Crippen LogP contribution is -2.49. The normalized spacial score (nSPS) is 18.5. The maximum absolute atomic E-state index is 11.5. The van der Waals surface area contributed by atoms with E-state index in [1.807, 2.05) is 134 Å². The summed E-state index contributed by atoms with van der Waals surface area (Å²) >= 11 is 0. The molecule has 1 aromatic rings. The summed E-state index contributed by atoms with van der Waals surface area (Å²) in [6.07, 6.45) is 29.0. The van der Waals surface area contributed by atoms with Gasteiger partial charge in [0.05, 0.1) is 6.10 Å². The Morgan fingerprint density at radius 2 is 0.824 bits per heavy atom. The number of carbonyl (C=O) groups is 7. The molecule has 4 aliphatic carbocycles. The summed E-state index contributed by atoms with van der Waals surface area (Å²) in [6.45, 7) is 38.8. The lowest BCUT2D eigenvalue weighted by atomic mass is 9.78. The molecule has 0 bridgehead atoms. The van der Waals surface area contributed by atoms with E-state index in [1.54, 1.807) is 6.20 Å². The number of nitrogens with two attached hydrogens (primary N) is 1. The van der Waals surface area contributed by atoms with Crippen molar-refractivity contribution in [2.45, 2.75) is 262 Å². The van der Waals surface area contributed by atoms with Crippen LogP contribution >= 0.6 is 0 Å². The minimum atomic E-state index is -0.0984. The lowest BCUT2D eigenvalue weighted by Gasteiger charge is -2.44. The predicted molar refractivity (Wildman–Crippen MR) is 422 cm³/mol. The summed E-state index contributed by atoms with van der Waals surface area (Å²) in [6, 6.07) is 8.58. The molecule has 1 saturated heterocycles. The summed E-state index contributed by atoms with van der Waals surface area (Å²) in [5.41, 5.74) is 5.16. The number of aliphatic hydroxyl groups is 1. The van der Waals surface area contributed by atoms with Crippen molar-refractivity contribution in [3.63, 3.8) is 0 Å². The average Bonchev–Trinajstić information content (AvgIpc) is 1.05. The van der Waals surface area contributed by atoms with Crippen molar-refractivity contribution < 1.29 is 38.7 Å². The molecule has 6 rings (SSSR count). The fourth-order valence-electron chi connectivity index (χ4n) is 12.3. The van der Waals surface area contributed by atoms with E-state index in [9.17, 15) is 38.7 Å². The van der Waals surface area contributed by atoms with Gasteiger partial charge in [0.1, 0.15) is 5.82 Å². The Balaban J connectivity index is 0.00000118. The number of aliphatic hydroxyl groups excluding tert-OH is 1. The number of hydrogen-bond acceptors (Lipinski definition) is 16. The fourth-order valence-corrected chi connectivity index (χ4v) is 12.3. The summed E-state index contributed by atoms with van der Waals surface area (Å²) < 4.78 is 0. The number of nitrogens with zero attached hydrogens (tertiary/aromatic N) is 5. The van der Waals surface area contributed by atoms with E-state index in [0.717, 1.165) is 114 Å². The first-order valence-electron chi connectivity index (χ1n) is 39.9. The van der Waals surface area contributed by atoms with Crippen LogP contribution in [0, 0.1) is 47.3 Å². The quantitative estimate of drug-likeness (QED) is 0.0311. The molecule has 0 aromatic carbocycles. The van der Waals surface area contributed by atoms with Gasteiger partial charge in [-0.05, 0) is 123 Å². The molecular formula is C79H155N15O8. The highest BCUT2D eigenvalue weighted by molar-refractivity contribution is 5.80. The Labute approximate surface area is 621 Å². The number of hydrogen-bond donors (Lipinski definition) is 11. The van der Waals surface area contributed by atoms with Gasteiger partial charge in [-0.25, -0.2) is 4.98 Å². The van der Waals surface area contributed by atoms with E-state index >= 15 is 0 Å². The molecule has 5 fully saturated rings. The molecule has 1 aliphatic heterocycles. The van der Waals surface area contributed by atoms with Crippen molar-refractivity contribution in [3.8, 4) is 0 Å². The SMILES string of the molecule is CC(C)C(=O)NCCN.CC(C)C(=O)NCCN(C)C1CCCC1.CC(C)C(=O)NCCN(C)C1CCCCCCC1.CC(C)C(=O)NCCN(C)c1ccccn1.CC(C)C(=O)NCCN1CCCC2CCCCC21.CC(C)C(=O)NCCNC1CCC(O)CC1.CNCCNC(=O)C(C)C. The van der Waals surface area contributed by atoms with E-state index in [1.165, 1.54) is 116 Å². The molecule has 102 heavy (non-hydrogen) atoms. The van der Waals surface area contributed by atoms with Gasteiger partial charge in [-0.2, -0.15) is 0 Å². The number of fused-ring (bicyclic) bond motifs is 1. The molecule has 0 radical (unpaired) electrons. The Morgan fingerprint density at radius 3 is 1.25 bits per heavy atom. The van der Waals surface area contributed by atoms with Crippen LogP contribution in [0.25, 0.3) is 0 Å². The third-order valence-corrected chi connectivity index (χ3v) is 19.4. The molecule has 5 aliphatic rings. The van der Waals surface area contributed by atoms with Crippen LogP contribution in [0.4, 0.5) is 5.82 Å². The van der Waals surface area contributed by atoms with E-state index < -0.39 is 0 Å². The molecular weight excluding hydrogens is 1290 g/mol. The minimum Gasteiger partial charge on any atom is -0.393 e. The molecule has 1 aromatic heterocycles. The summed E-state index contributed by atoms with van der Waals surface area (Å²) in [7, 11) is 8.19. The predicted octanol–water partition coefficient (Wildman–Crippen LogP) is 8.49. The summed E-state index contributed by atoms with van der Waals surface area (Å²) in [4.78, 5) is 92.2. The molecule has 2 unspecified atom stereocenters. The first kappa shape index (κ1) is 97.0. The number of rotatable bonds is 31. The van der Waals surface area contributed by atoms with Gasteiger partial charge in [-0.1, -0.05) is 161 Å². The van der Waals surface area contributed by atoms with Gasteiger partial charge in [0.2, 0.25) is 41.4 Å². The van der Waals surface area contributed by atoms with E-state index in [0.29, 0.717) is 38.8 Å². The van der Waals surface area contributed by atoms with Gasteiger partial charge in [-0.15, -0.1) is 0 Å². The molecule has 4 saturated carbocycles. The van der Waals surface area contributed by atoms with Gasteiger partial charge < -0.3 is 73.4 Å². The molecule has 0 spiro atoms. The van der Waals surface area contributed by atoms with Crippen molar-refractivity contribution in [2.75, 3.05) is 131 Å². The van der Waals surface area contributed by atoms with Crippen molar-refractivity contribution in [1.82, 2.24) is 67.5 Å². The van der Waals surface area contributed by atoms with Crippen LogP contribution in [0.15, 0.2) is 24.4 Å². The smallest absolute Gasteiger partial charge is 0.222 e. The number of carbonyl (C=O) groups excluding carboxylic acids is 7. The van der Waals surface area contributed by atoms with Gasteiger partial charge >= 0.3 is 0 Å². The van der Waals surface area contributed by atoms with Crippen LogP contribution in [-0.2, 0) is 33.6 Å². The average molecular weight is 1440 g/mol. The zero-order chi connectivity index (χ0) is 76.8. The first-order valence-corrected chi connectivity index (χ1v) is 39.9. The summed E-state index contributed by atoms with van der Waals surface area (Å²) in [5.74, 6) is 3.33. The largest absolute Gasteiger partial charge is 0.393 e. The van der Waals surface area contributed by atoms with Crippen LogP contribution in [0.3, 0.4) is 0 Å². The third-order valence-electron chi connectivity index (χ3n) is 19.4. The third kappa shape index (κ3) is 48.9. The van der Waals surface area contributed by atoms with E-state index in [4.69, 9.17) is 5.73 Å². The molecule has 594 valence electrons. The Hall–Kier alpha value is -5.04. The number of pyridine rings is 1. The zero-order valence-corrected chi connectivity index (χ0v) is 67.9.